The van der Waals surface area contributed by atoms with Crippen LogP contribution in [-0.4, -0.2) is 0 Å². The molecule has 1 aliphatic heterocycles. The molecular formula is C56H74Cl2Zr. The molecule has 2 aliphatic carbocycles. The van der Waals surface area contributed by atoms with Crippen LogP contribution in [0.2, 0.25) is 8.26 Å². The summed E-state index contributed by atoms with van der Waals surface area (Å²) in [7, 11) is 0. The summed E-state index contributed by atoms with van der Waals surface area (Å²) in [6.45, 7) is 38.2. The number of fused-ring (bicyclic) bond motifs is 2. The third kappa shape index (κ3) is 9.45. The van der Waals surface area contributed by atoms with E-state index in [1.54, 1.807) is 22.3 Å². The molecule has 0 aromatic heterocycles. The molecule has 0 radical (unpaired) electrons. The number of hydrogen-bond acceptors (Lipinski definition) is 0. The van der Waals surface area contributed by atoms with E-state index in [2.05, 4.69) is 196 Å². The first-order valence-electron chi connectivity index (χ1n) is 22.4. The van der Waals surface area contributed by atoms with Gasteiger partial charge in [-0.3, -0.25) is 0 Å². The maximum absolute atomic E-state index is 2.96. The first-order chi connectivity index (χ1) is 26.4. The molecule has 0 bridgehead atoms. The van der Waals surface area contributed by atoms with Gasteiger partial charge in [-0.25, -0.2) is 0 Å². The Balaban J connectivity index is 0.00000331. The third-order valence-corrected chi connectivity index (χ3v) is 26.6. The fourth-order valence-electron chi connectivity index (χ4n) is 10.3. The van der Waals surface area contributed by atoms with Crippen LogP contribution >= 0.6 is 0 Å². The third-order valence-electron chi connectivity index (χ3n) is 13.5. The van der Waals surface area contributed by atoms with Gasteiger partial charge in [0.25, 0.3) is 0 Å². The van der Waals surface area contributed by atoms with Gasteiger partial charge in [-0.2, -0.15) is 0 Å². The van der Waals surface area contributed by atoms with E-state index in [4.69, 9.17) is 0 Å². The Labute approximate surface area is 377 Å². The quantitative estimate of drug-likeness (QED) is 0.165. The molecule has 2 unspecified atom stereocenters. The molecule has 3 aliphatic rings. The predicted molar refractivity (Wildman–Crippen MR) is 249 cm³/mol. The van der Waals surface area contributed by atoms with Gasteiger partial charge < -0.3 is 24.8 Å². The van der Waals surface area contributed by atoms with Gasteiger partial charge in [-0.15, -0.1) is 0 Å². The summed E-state index contributed by atoms with van der Waals surface area (Å²) in [4.78, 5) is 0. The van der Waals surface area contributed by atoms with Gasteiger partial charge in [0.15, 0.2) is 0 Å². The van der Waals surface area contributed by atoms with Gasteiger partial charge in [-0.1, -0.05) is 0 Å². The average molecular weight is 909 g/mol. The van der Waals surface area contributed by atoms with Crippen molar-refractivity contribution in [3.8, 4) is 22.3 Å². The van der Waals surface area contributed by atoms with E-state index in [1.165, 1.54) is 76.7 Å². The van der Waals surface area contributed by atoms with Crippen LogP contribution in [0.25, 0.3) is 34.4 Å². The summed E-state index contributed by atoms with van der Waals surface area (Å²) in [5.74, 6) is 1.27. The van der Waals surface area contributed by atoms with E-state index < -0.39 is 20.3 Å². The summed E-state index contributed by atoms with van der Waals surface area (Å²) < 4.78 is 4.25. The van der Waals surface area contributed by atoms with Gasteiger partial charge in [0, 0.05) is 0 Å². The second-order valence-electron chi connectivity index (χ2n) is 23.4. The molecule has 316 valence electrons. The van der Waals surface area contributed by atoms with Crippen LogP contribution in [0.15, 0.2) is 83.9 Å². The maximum Gasteiger partial charge on any atom is -1.00 e. The van der Waals surface area contributed by atoms with Crippen molar-refractivity contribution in [2.45, 2.75) is 161 Å². The van der Waals surface area contributed by atoms with Crippen molar-refractivity contribution in [1.82, 2.24) is 0 Å². The molecule has 1 fully saturated rings. The molecule has 2 atom stereocenters. The van der Waals surface area contributed by atoms with E-state index in [0.29, 0.717) is 19.1 Å². The van der Waals surface area contributed by atoms with Crippen molar-refractivity contribution in [1.29, 1.82) is 0 Å². The molecule has 0 spiro atoms. The fraction of sp³-hybridized carbons (Fsp3) is 0.500. The molecule has 3 heteroatoms. The van der Waals surface area contributed by atoms with Gasteiger partial charge in [0.1, 0.15) is 0 Å². The van der Waals surface area contributed by atoms with Crippen LogP contribution in [0.1, 0.15) is 175 Å². The molecule has 0 amide bonds. The summed E-state index contributed by atoms with van der Waals surface area (Å²) in [6.07, 6.45) is 7.84. The minimum Gasteiger partial charge on any atom is -1.00 e. The molecule has 4 aromatic carbocycles. The molecule has 4 aromatic rings. The second-order valence-corrected chi connectivity index (χ2v) is 34.8. The standard InChI is InChI=1S/2C27H35.C2H4.2ClH.Zr/c2*1-18(2)12-19-13-20-10-9-11-24(25(20)14-19)21-15-22(26(3,4)5)17-23(16-21)27(6,7)8;1-2;;;/h2*9-11,13-18H,12H2,1-8H3;1-2H2;2*1H;/q;;;;;+2/p-2. The van der Waals surface area contributed by atoms with Gasteiger partial charge in [0.2, 0.25) is 0 Å². The smallest absolute Gasteiger partial charge is 1.00 e. The Hall–Kier alpha value is -2.18. The topological polar surface area (TPSA) is 0 Å². The average Bonchev–Trinajstić information content (AvgIpc) is 3.65. The summed E-state index contributed by atoms with van der Waals surface area (Å²) in [5.41, 5.74) is 21.6. The normalized spacial score (nSPS) is 18.0. The van der Waals surface area contributed by atoms with Gasteiger partial charge >= 0.3 is 356 Å². The second kappa shape index (κ2) is 16.8. The largest absolute Gasteiger partial charge is 1.00 e. The number of rotatable bonds is 8. The van der Waals surface area contributed by atoms with E-state index >= 15 is 0 Å². The zero-order chi connectivity index (χ0) is 41.6. The summed E-state index contributed by atoms with van der Waals surface area (Å²) in [6, 6.07) is 29.8. The van der Waals surface area contributed by atoms with Crippen LogP contribution in [0.4, 0.5) is 0 Å². The van der Waals surface area contributed by atoms with E-state index in [1.807, 2.05) is 0 Å². The number of benzene rings is 4. The van der Waals surface area contributed by atoms with Crippen LogP contribution in [0.5, 0.6) is 0 Å². The number of halogens is 2. The first kappa shape index (κ1) is 47.9. The van der Waals surface area contributed by atoms with Crippen LogP contribution < -0.4 is 24.8 Å². The van der Waals surface area contributed by atoms with Crippen LogP contribution in [0.3, 0.4) is 0 Å². The predicted octanol–water partition coefficient (Wildman–Crippen LogP) is 10.9. The summed E-state index contributed by atoms with van der Waals surface area (Å²) in [5, 5.41) is 0. The molecule has 0 saturated carbocycles. The minimum atomic E-state index is -2.96. The Kier molecular flexibility index (Phi) is 13.7. The molecule has 1 saturated heterocycles. The van der Waals surface area contributed by atoms with Crippen molar-refractivity contribution >= 4 is 12.2 Å². The zero-order valence-electron chi connectivity index (χ0n) is 39.5. The van der Waals surface area contributed by atoms with E-state index in [-0.39, 0.29) is 46.5 Å². The Morgan fingerprint density at radius 3 is 1.03 bits per heavy atom. The van der Waals surface area contributed by atoms with Gasteiger partial charge in [0.05, 0.1) is 0 Å². The molecule has 7 rings (SSSR count). The Morgan fingerprint density at radius 1 is 0.475 bits per heavy atom. The van der Waals surface area contributed by atoms with Crippen molar-refractivity contribution in [3.05, 3.63) is 128 Å². The van der Waals surface area contributed by atoms with Crippen molar-refractivity contribution in [2.75, 3.05) is 0 Å². The van der Waals surface area contributed by atoms with E-state index in [0.717, 1.165) is 0 Å². The van der Waals surface area contributed by atoms with Crippen molar-refractivity contribution < 1.29 is 45.1 Å². The zero-order valence-corrected chi connectivity index (χ0v) is 43.4. The fourth-order valence-corrected chi connectivity index (χ4v) is 27.7. The summed E-state index contributed by atoms with van der Waals surface area (Å²) >= 11 is -2.96. The maximum atomic E-state index is 2.72. The number of hydrogen-bond donors (Lipinski definition) is 0. The Bertz CT molecular complexity index is 2030. The number of allylic oxidation sites excluding steroid dienone is 2. The molecule has 59 heavy (non-hydrogen) atoms. The molecule has 0 N–H and O–H groups in total. The molecule has 1 heterocycles. The monoisotopic (exact) mass is 906 g/mol. The SMILES string of the molecule is CC(C)CC1=Cc2c(-c3cc(C(C)(C)C)cc(C(C)(C)C)c3)cccc2[CH]1[Zr+2]1([CH]2C(CC(C)C)=Cc3c(-c4cc(C(C)(C)C)cc(C(C)(C)C)c4)cccc32)[CH2][CH2]1.[Cl-].[Cl-]. The minimum absolute atomic E-state index is 0. The Morgan fingerprint density at radius 2 is 0.780 bits per heavy atom. The van der Waals surface area contributed by atoms with Gasteiger partial charge in [-0.05, 0) is 0 Å². The van der Waals surface area contributed by atoms with Crippen molar-refractivity contribution in [3.63, 3.8) is 0 Å². The first-order valence-corrected chi connectivity index (χ1v) is 28.7. The van der Waals surface area contributed by atoms with E-state index in [9.17, 15) is 0 Å². The van der Waals surface area contributed by atoms with Crippen molar-refractivity contribution in [2.24, 2.45) is 11.8 Å². The molecular weight excluding hydrogens is 835 g/mol. The van der Waals surface area contributed by atoms with Crippen LogP contribution in [-0.2, 0) is 41.9 Å². The molecule has 0 nitrogen and oxygen atoms in total. The van der Waals surface area contributed by atoms with Crippen LogP contribution in [0, 0.1) is 11.8 Å².